The van der Waals surface area contributed by atoms with Crippen LogP contribution in [-0.4, -0.2) is 22.5 Å². The van der Waals surface area contributed by atoms with E-state index in [9.17, 15) is 4.79 Å². The van der Waals surface area contributed by atoms with Gasteiger partial charge in [-0.15, -0.1) is 34.0 Å². The fraction of sp³-hybridized carbons (Fsp3) is 0.118. The van der Waals surface area contributed by atoms with Crippen molar-refractivity contribution in [3.63, 3.8) is 0 Å². The Kier molecular flexibility index (Phi) is 4.84. The SMILES string of the molecule is O=C(COCc1nc2ccccc2s1)Nc1nc(-c2cccs2)cs1. The highest BCUT2D eigenvalue weighted by molar-refractivity contribution is 7.18. The van der Waals surface area contributed by atoms with Gasteiger partial charge < -0.3 is 4.74 Å². The summed E-state index contributed by atoms with van der Waals surface area (Å²) in [4.78, 5) is 22.0. The van der Waals surface area contributed by atoms with Crippen molar-refractivity contribution in [3.8, 4) is 10.6 Å². The molecular weight excluding hydrogens is 374 g/mol. The van der Waals surface area contributed by atoms with Gasteiger partial charge in [-0.25, -0.2) is 9.97 Å². The molecule has 0 fully saturated rings. The second kappa shape index (κ2) is 7.40. The lowest BCUT2D eigenvalue weighted by Gasteiger charge is -2.02. The van der Waals surface area contributed by atoms with Crippen LogP contribution in [0.15, 0.2) is 47.2 Å². The van der Waals surface area contributed by atoms with E-state index in [1.165, 1.54) is 11.3 Å². The predicted molar refractivity (Wildman–Crippen MR) is 103 cm³/mol. The maximum absolute atomic E-state index is 12.0. The van der Waals surface area contributed by atoms with Gasteiger partial charge in [-0.2, -0.15) is 0 Å². The van der Waals surface area contributed by atoms with Crippen LogP contribution in [0.2, 0.25) is 0 Å². The molecular formula is C17H13N3O2S3. The molecule has 1 aromatic carbocycles. The summed E-state index contributed by atoms with van der Waals surface area (Å²) in [6.45, 7) is 0.301. The molecule has 0 atom stereocenters. The van der Waals surface area contributed by atoms with E-state index in [-0.39, 0.29) is 12.5 Å². The van der Waals surface area contributed by atoms with Gasteiger partial charge in [0.15, 0.2) is 5.13 Å². The van der Waals surface area contributed by atoms with Crippen molar-refractivity contribution < 1.29 is 9.53 Å². The average molecular weight is 388 g/mol. The number of amides is 1. The minimum Gasteiger partial charge on any atom is -0.364 e. The molecule has 3 heterocycles. The van der Waals surface area contributed by atoms with Crippen molar-refractivity contribution in [1.29, 1.82) is 0 Å². The number of thiophene rings is 1. The Labute approximate surface area is 156 Å². The Balaban J connectivity index is 1.29. The lowest BCUT2D eigenvalue weighted by molar-refractivity contribution is -0.121. The summed E-state index contributed by atoms with van der Waals surface area (Å²) in [6, 6.07) is 11.9. The number of anilines is 1. The number of nitrogens with zero attached hydrogens (tertiary/aromatic N) is 2. The molecule has 4 aromatic rings. The first kappa shape index (κ1) is 16.3. The first-order valence-corrected chi connectivity index (χ1v) is 10.1. The van der Waals surface area contributed by atoms with Gasteiger partial charge in [0, 0.05) is 5.38 Å². The van der Waals surface area contributed by atoms with Crippen molar-refractivity contribution >= 4 is 55.3 Å². The molecule has 0 bridgehead atoms. The van der Waals surface area contributed by atoms with Crippen LogP contribution in [0.3, 0.4) is 0 Å². The molecule has 126 valence electrons. The summed E-state index contributed by atoms with van der Waals surface area (Å²) in [6.07, 6.45) is 0. The Bertz CT molecular complexity index is 959. The van der Waals surface area contributed by atoms with Crippen LogP contribution in [0, 0.1) is 0 Å². The van der Waals surface area contributed by atoms with E-state index >= 15 is 0 Å². The number of thiazole rings is 2. The van der Waals surface area contributed by atoms with Crippen LogP contribution in [0.1, 0.15) is 5.01 Å². The number of ether oxygens (including phenoxy) is 1. The maximum Gasteiger partial charge on any atom is 0.252 e. The van der Waals surface area contributed by atoms with Crippen LogP contribution in [-0.2, 0) is 16.1 Å². The fourth-order valence-electron chi connectivity index (χ4n) is 2.24. The number of hydrogen-bond donors (Lipinski definition) is 1. The minimum atomic E-state index is -0.215. The Morgan fingerprint density at radius 1 is 1.12 bits per heavy atom. The zero-order valence-electron chi connectivity index (χ0n) is 13.0. The van der Waals surface area contributed by atoms with Crippen LogP contribution < -0.4 is 5.32 Å². The van der Waals surface area contributed by atoms with Gasteiger partial charge in [0.1, 0.15) is 11.6 Å². The molecule has 3 aromatic heterocycles. The Morgan fingerprint density at radius 2 is 2.04 bits per heavy atom. The van der Waals surface area contributed by atoms with E-state index in [0.29, 0.717) is 11.7 Å². The lowest BCUT2D eigenvalue weighted by Crippen LogP contribution is -2.18. The number of carbonyl (C=O) groups excluding carboxylic acids is 1. The highest BCUT2D eigenvalue weighted by Gasteiger charge is 2.10. The molecule has 0 radical (unpaired) electrons. The Morgan fingerprint density at radius 3 is 2.88 bits per heavy atom. The average Bonchev–Trinajstić information content (AvgIpc) is 3.34. The van der Waals surface area contributed by atoms with Crippen LogP contribution in [0.5, 0.6) is 0 Å². The van der Waals surface area contributed by atoms with Crippen molar-refractivity contribution in [2.45, 2.75) is 6.61 Å². The van der Waals surface area contributed by atoms with Crippen LogP contribution >= 0.6 is 34.0 Å². The molecule has 25 heavy (non-hydrogen) atoms. The van der Waals surface area contributed by atoms with E-state index in [0.717, 1.165) is 25.8 Å². The summed E-state index contributed by atoms with van der Waals surface area (Å²) >= 11 is 4.61. The van der Waals surface area contributed by atoms with Gasteiger partial charge in [0.05, 0.1) is 27.4 Å². The third-order valence-electron chi connectivity index (χ3n) is 3.32. The van der Waals surface area contributed by atoms with Crippen LogP contribution in [0.25, 0.3) is 20.8 Å². The Hall–Kier alpha value is -2.13. The first-order valence-electron chi connectivity index (χ1n) is 7.49. The summed E-state index contributed by atoms with van der Waals surface area (Å²) < 4.78 is 6.60. The lowest BCUT2D eigenvalue weighted by atomic mass is 10.3. The molecule has 0 aliphatic carbocycles. The molecule has 0 unspecified atom stereocenters. The zero-order chi connectivity index (χ0) is 17.1. The van der Waals surface area contributed by atoms with Gasteiger partial charge in [-0.1, -0.05) is 18.2 Å². The van der Waals surface area contributed by atoms with Gasteiger partial charge in [0.2, 0.25) is 0 Å². The number of benzene rings is 1. The smallest absolute Gasteiger partial charge is 0.252 e. The molecule has 8 heteroatoms. The van der Waals surface area contributed by atoms with Crippen molar-refractivity contribution in [1.82, 2.24) is 9.97 Å². The van der Waals surface area contributed by atoms with Gasteiger partial charge in [0.25, 0.3) is 5.91 Å². The van der Waals surface area contributed by atoms with E-state index in [1.807, 2.05) is 47.2 Å². The number of carbonyl (C=O) groups is 1. The third kappa shape index (κ3) is 3.93. The molecule has 0 aliphatic heterocycles. The molecule has 0 saturated carbocycles. The number of nitrogens with one attached hydrogen (secondary N) is 1. The highest BCUT2D eigenvalue weighted by atomic mass is 32.1. The van der Waals surface area contributed by atoms with E-state index in [4.69, 9.17) is 4.74 Å². The minimum absolute atomic E-state index is 0.0240. The second-order valence-electron chi connectivity index (χ2n) is 5.13. The molecule has 0 spiro atoms. The van der Waals surface area contributed by atoms with Crippen molar-refractivity contribution in [3.05, 3.63) is 52.2 Å². The number of hydrogen-bond acceptors (Lipinski definition) is 7. The van der Waals surface area contributed by atoms with E-state index < -0.39 is 0 Å². The number of fused-ring (bicyclic) bond motifs is 1. The summed E-state index contributed by atoms with van der Waals surface area (Å²) in [5.41, 5.74) is 1.84. The third-order valence-corrected chi connectivity index (χ3v) is 5.98. The molecule has 0 aliphatic rings. The standard InChI is InChI=1S/C17H13N3O2S3/c21-15(20-17-19-12(10-24-17)13-6-3-7-23-13)8-22-9-16-18-11-4-1-2-5-14(11)25-16/h1-7,10H,8-9H2,(H,19,20,21). The molecule has 0 saturated heterocycles. The predicted octanol–water partition coefficient (Wildman–Crippen LogP) is 4.64. The topological polar surface area (TPSA) is 64.1 Å². The summed E-state index contributed by atoms with van der Waals surface area (Å²) in [5.74, 6) is -0.215. The van der Waals surface area contributed by atoms with E-state index in [2.05, 4.69) is 15.3 Å². The summed E-state index contributed by atoms with van der Waals surface area (Å²) in [5, 5.41) is 8.15. The first-order chi connectivity index (χ1) is 12.3. The van der Waals surface area contributed by atoms with Gasteiger partial charge in [-0.05, 0) is 23.6 Å². The zero-order valence-corrected chi connectivity index (χ0v) is 15.4. The largest absolute Gasteiger partial charge is 0.364 e. The number of para-hydroxylation sites is 1. The van der Waals surface area contributed by atoms with E-state index in [1.54, 1.807) is 22.7 Å². The normalized spacial score (nSPS) is 11.0. The number of aromatic nitrogens is 2. The molecule has 5 nitrogen and oxygen atoms in total. The van der Waals surface area contributed by atoms with Gasteiger partial charge >= 0.3 is 0 Å². The summed E-state index contributed by atoms with van der Waals surface area (Å²) in [7, 11) is 0. The van der Waals surface area contributed by atoms with Crippen molar-refractivity contribution in [2.75, 3.05) is 11.9 Å². The van der Waals surface area contributed by atoms with Crippen molar-refractivity contribution in [2.24, 2.45) is 0 Å². The second-order valence-corrected chi connectivity index (χ2v) is 8.05. The van der Waals surface area contributed by atoms with Crippen LogP contribution in [0.4, 0.5) is 5.13 Å². The quantitative estimate of drug-likeness (QED) is 0.524. The maximum atomic E-state index is 12.0. The molecule has 1 N–H and O–H groups in total. The molecule has 4 rings (SSSR count). The van der Waals surface area contributed by atoms with Gasteiger partial charge in [-0.3, -0.25) is 10.1 Å². The monoisotopic (exact) mass is 387 g/mol. The number of rotatable bonds is 6. The molecule has 1 amide bonds. The fourth-order valence-corrected chi connectivity index (χ4v) is 4.63. The highest BCUT2D eigenvalue weighted by Crippen LogP contribution is 2.28.